The van der Waals surface area contributed by atoms with Gasteiger partial charge in [0.25, 0.3) is 0 Å². The summed E-state index contributed by atoms with van der Waals surface area (Å²) in [5.74, 6) is 0.130. The molecule has 1 unspecified atom stereocenters. The predicted molar refractivity (Wildman–Crippen MR) is 110 cm³/mol. The number of hydrogen-bond donors (Lipinski definition) is 1. The van der Waals surface area contributed by atoms with E-state index in [1.165, 1.54) is 11.1 Å². The van der Waals surface area contributed by atoms with Crippen molar-refractivity contribution in [2.24, 2.45) is 5.92 Å². The summed E-state index contributed by atoms with van der Waals surface area (Å²) in [5, 5.41) is 7.73. The van der Waals surface area contributed by atoms with Gasteiger partial charge in [0.15, 0.2) is 0 Å². The minimum Gasteiger partial charge on any atom is -0.350 e. The average molecular weight is 396 g/mol. The third-order valence-corrected chi connectivity index (χ3v) is 5.88. The molecule has 1 N–H and O–H groups in total. The largest absolute Gasteiger partial charge is 0.350 e. The summed E-state index contributed by atoms with van der Waals surface area (Å²) in [5.41, 5.74) is 4.53. The normalized spacial score (nSPS) is 18.4. The van der Waals surface area contributed by atoms with Crippen molar-refractivity contribution in [3.63, 3.8) is 0 Å². The maximum absolute atomic E-state index is 12.7. The van der Waals surface area contributed by atoms with Crippen molar-refractivity contribution in [2.45, 2.75) is 45.3 Å². The van der Waals surface area contributed by atoms with Gasteiger partial charge in [-0.1, -0.05) is 24.3 Å². The van der Waals surface area contributed by atoms with E-state index in [-0.39, 0.29) is 17.9 Å². The zero-order chi connectivity index (χ0) is 20.4. The molecule has 3 amide bonds. The summed E-state index contributed by atoms with van der Waals surface area (Å²) in [4.78, 5) is 28.5. The number of aryl methyl sites for hydroxylation is 2. The molecule has 1 aromatic heterocycles. The molecule has 0 saturated carbocycles. The molecule has 0 radical (unpaired) electrons. The van der Waals surface area contributed by atoms with Crippen molar-refractivity contribution < 1.29 is 9.59 Å². The van der Waals surface area contributed by atoms with Gasteiger partial charge >= 0.3 is 6.03 Å². The molecule has 4 rings (SSSR count). The summed E-state index contributed by atoms with van der Waals surface area (Å²) in [7, 11) is 3.55. The van der Waals surface area contributed by atoms with E-state index in [2.05, 4.69) is 28.6 Å². The second kappa shape index (κ2) is 8.27. The molecular formula is C22H29N5O2. The first kappa shape index (κ1) is 19.5. The Bertz CT molecular complexity index is 904. The first-order valence-corrected chi connectivity index (χ1v) is 10.4. The molecule has 7 heteroatoms. The van der Waals surface area contributed by atoms with Crippen LogP contribution in [0.5, 0.6) is 0 Å². The first-order chi connectivity index (χ1) is 14.0. The number of rotatable bonds is 3. The Balaban J connectivity index is 1.36. The number of hydrogen-bond acceptors (Lipinski definition) is 3. The van der Waals surface area contributed by atoms with Gasteiger partial charge in [-0.25, -0.2) is 4.79 Å². The van der Waals surface area contributed by atoms with Gasteiger partial charge in [-0.15, -0.1) is 0 Å². The molecule has 2 aromatic rings. The highest BCUT2D eigenvalue weighted by atomic mass is 16.2. The number of nitrogens with zero attached hydrogens (tertiary/aromatic N) is 4. The van der Waals surface area contributed by atoms with Crippen LogP contribution in [0.4, 0.5) is 4.79 Å². The number of carbonyl (C=O) groups is 2. The van der Waals surface area contributed by atoms with Crippen molar-refractivity contribution in [3.05, 3.63) is 52.8 Å². The molecule has 1 aliphatic heterocycles. The van der Waals surface area contributed by atoms with Crippen LogP contribution in [0.25, 0.3) is 0 Å². The van der Waals surface area contributed by atoms with Crippen LogP contribution < -0.4 is 5.32 Å². The van der Waals surface area contributed by atoms with Crippen LogP contribution in [0.2, 0.25) is 0 Å². The minimum atomic E-state index is 0.0204. The Kier molecular flexibility index (Phi) is 5.56. The SMILES string of the molecule is CN(C)C(=O)N1CCCn2nc(CNC(=O)C3CCc4ccccc4C3)cc2C1. The van der Waals surface area contributed by atoms with Crippen LogP contribution in [0.1, 0.15) is 35.4 Å². The van der Waals surface area contributed by atoms with Crippen molar-refractivity contribution >= 4 is 11.9 Å². The molecule has 2 heterocycles. The van der Waals surface area contributed by atoms with Gasteiger partial charge in [0.1, 0.15) is 0 Å². The predicted octanol–water partition coefficient (Wildman–Crippen LogP) is 2.19. The molecule has 29 heavy (non-hydrogen) atoms. The Hall–Kier alpha value is -2.83. The number of nitrogens with one attached hydrogen (secondary N) is 1. The highest BCUT2D eigenvalue weighted by Crippen LogP contribution is 2.25. The maximum Gasteiger partial charge on any atom is 0.319 e. The van der Waals surface area contributed by atoms with Crippen molar-refractivity contribution in [3.8, 4) is 0 Å². The lowest BCUT2D eigenvalue weighted by Crippen LogP contribution is -2.38. The Labute approximate surface area is 171 Å². The van der Waals surface area contributed by atoms with Gasteiger partial charge in [-0.3, -0.25) is 9.48 Å². The van der Waals surface area contributed by atoms with E-state index < -0.39 is 0 Å². The monoisotopic (exact) mass is 395 g/mol. The molecule has 0 bridgehead atoms. The fourth-order valence-corrected chi connectivity index (χ4v) is 4.30. The Morgan fingerprint density at radius 3 is 2.79 bits per heavy atom. The minimum absolute atomic E-state index is 0.0204. The molecule has 1 atom stereocenters. The molecule has 154 valence electrons. The summed E-state index contributed by atoms with van der Waals surface area (Å²) in [6.45, 7) is 2.51. The van der Waals surface area contributed by atoms with E-state index in [0.29, 0.717) is 13.1 Å². The average Bonchev–Trinajstić information content (AvgIpc) is 3.01. The van der Waals surface area contributed by atoms with Crippen LogP contribution >= 0.6 is 0 Å². The van der Waals surface area contributed by atoms with Gasteiger partial charge < -0.3 is 15.1 Å². The smallest absolute Gasteiger partial charge is 0.319 e. The molecule has 0 spiro atoms. The molecule has 7 nitrogen and oxygen atoms in total. The molecule has 0 fully saturated rings. The molecule has 1 aliphatic carbocycles. The maximum atomic E-state index is 12.7. The van der Waals surface area contributed by atoms with E-state index in [1.807, 2.05) is 21.7 Å². The summed E-state index contributed by atoms with van der Waals surface area (Å²) < 4.78 is 1.97. The van der Waals surface area contributed by atoms with E-state index in [1.54, 1.807) is 19.0 Å². The van der Waals surface area contributed by atoms with Gasteiger partial charge in [-0.05, 0) is 42.9 Å². The number of aromatic nitrogens is 2. The van der Waals surface area contributed by atoms with Crippen molar-refractivity contribution in [1.82, 2.24) is 24.9 Å². The number of benzene rings is 1. The van der Waals surface area contributed by atoms with Crippen LogP contribution in [0.3, 0.4) is 0 Å². The Morgan fingerprint density at radius 2 is 2.00 bits per heavy atom. The second-order valence-corrected chi connectivity index (χ2v) is 8.23. The number of fused-ring (bicyclic) bond motifs is 2. The van der Waals surface area contributed by atoms with E-state index >= 15 is 0 Å². The third-order valence-electron chi connectivity index (χ3n) is 5.88. The Morgan fingerprint density at radius 1 is 1.21 bits per heavy atom. The van der Waals surface area contributed by atoms with Crippen LogP contribution in [0, 0.1) is 5.92 Å². The number of amides is 3. The standard InChI is InChI=1S/C22H29N5O2/c1-25(2)22(29)26-10-5-11-27-20(15-26)13-19(24-27)14-23-21(28)18-9-8-16-6-3-4-7-17(16)12-18/h3-4,6-7,13,18H,5,8-12,14-15H2,1-2H3,(H,23,28). The fourth-order valence-electron chi connectivity index (χ4n) is 4.30. The molecular weight excluding hydrogens is 366 g/mol. The van der Waals surface area contributed by atoms with E-state index in [0.717, 1.165) is 50.2 Å². The van der Waals surface area contributed by atoms with Crippen molar-refractivity contribution in [2.75, 3.05) is 20.6 Å². The summed E-state index contributed by atoms with van der Waals surface area (Å²) in [6.07, 6.45) is 3.54. The second-order valence-electron chi connectivity index (χ2n) is 8.23. The topological polar surface area (TPSA) is 70.5 Å². The number of carbonyl (C=O) groups excluding carboxylic acids is 2. The molecule has 1 aromatic carbocycles. The highest BCUT2D eigenvalue weighted by Gasteiger charge is 2.25. The molecule has 0 saturated heterocycles. The first-order valence-electron chi connectivity index (χ1n) is 10.4. The van der Waals surface area contributed by atoms with E-state index in [4.69, 9.17) is 0 Å². The van der Waals surface area contributed by atoms with Crippen LogP contribution in [-0.2, 0) is 37.3 Å². The van der Waals surface area contributed by atoms with Crippen LogP contribution in [0.15, 0.2) is 30.3 Å². The zero-order valence-corrected chi connectivity index (χ0v) is 17.2. The fraction of sp³-hybridized carbons (Fsp3) is 0.500. The zero-order valence-electron chi connectivity index (χ0n) is 17.2. The van der Waals surface area contributed by atoms with Crippen LogP contribution in [-0.4, -0.2) is 52.2 Å². The molecule has 2 aliphatic rings. The highest BCUT2D eigenvalue weighted by molar-refractivity contribution is 5.79. The summed E-state index contributed by atoms with van der Waals surface area (Å²) in [6, 6.07) is 10.4. The van der Waals surface area contributed by atoms with E-state index in [9.17, 15) is 9.59 Å². The number of urea groups is 1. The lowest BCUT2D eigenvalue weighted by molar-refractivity contribution is -0.125. The van der Waals surface area contributed by atoms with Gasteiger partial charge in [0, 0.05) is 33.1 Å². The van der Waals surface area contributed by atoms with Gasteiger partial charge in [0.05, 0.1) is 24.5 Å². The lowest BCUT2D eigenvalue weighted by Gasteiger charge is -2.24. The lowest BCUT2D eigenvalue weighted by atomic mass is 9.83. The third kappa shape index (κ3) is 4.28. The van der Waals surface area contributed by atoms with Gasteiger partial charge in [0.2, 0.25) is 5.91 Å². The summed E-state index contributed by atoms with van der Waals surface area (Å²) >= 11 is 0. The van der Waals surface area contributed by atoms with Crippen molar-refractivity contribution in [1.29, 1.82) is 0 Å². The quantitative estimate of drug-likeness (QED) is 0.866. The van der Waals surface area contributed by atoms with Gasteiger partial charge in [-0.2, -0.15) is 5.10 Å².